The van der Waals surface area contributed by atoms with Gasteiger partial charge >= 0.3 is 6.03 Å². The van der Waals surface area contributed by atoms with Gasteiger partial charge in [-0.1, -0.05) is 12.1 Å². The molecule has 0 aliphatic carbocycles. The minimum atomic E-state index is -0.325. The maximum atomic E-state index is 12.7. The third kappa shape index (κ3) is 5.80. The van der Waals surface area contributed by atoms with Crippen molar-refractivity contribution in [3.05, 3.63) is 48.5 Å². The molecule has 0 bridgehead atoms. The van der Waals surface area contributed by atoms with Crippen molar-refractivity contribution in [2.75, 3.05) is 49.3 Å². The van der Waals surface area contributed by atoms with Gasteiger partial charge in [-0.2, -0.15) is 0 Å². The topological polar surface area (TPSA) is 87.9 Å². The van der Waals surface area contributed by atoms with E-state index in [4.69, 9.17) is 10.5 Å². The number of carbonyl (C=O) groups is 2. The van der Waals surface area contributed by atoms with Crippen LogP contribution in [-0.4, -0.2) is 55.9 Å². The van der Waals surface area contributed by atoms with Crippen molar-refractivity contribution < 1.29 is 14.3 Å². The van der Waals surface area contributed by atoms with Crippen molar-refractivity contribution in [2.24, 2.45) is 5.73 Å². The van der Waals surface area contributed by atoms with E-state index in [1.165, 1.54) is 11.8 Å². The van der Waals surface area contributed by atoms with E-state index >= 15 is 0 Å². The number of methoxy groups -OCH3 is 1. The van der Waals surface area contributed by atoms with Crippen LogP contribution in [-0.2, 0) is 4.79 Å². The average Bonchev–Trinajstić information content (AvgIpc) is 2.75. The summed E-state index contributed by atoms with van der Waals surface area (Å²) in [5, 5.41) is 3.00. The SMILES string of the molecule is COc1ccc(N2CCN(C(=O)Nc3ccccc3SCCC(N)=O)CC2)cc1. The predicted molar refractivity (Wildman–Crippen MR) is 117 cm³/mol. The van der Waals surface area contributed by atoms with E-state index in [0.717, 1.165) is 35.1 Å². The van der Waals surface area contributed by atoms with Gasteiger partial charge < -0.3 is 25.6 Å². The van der Waals surface area contributed by atoms with Crippen LogP contribution in [0, 0.1) is 0 Å². The minimum absolute atomic E-state index is 0.109. The van der Waals surface area contributed by atoms with Crippen molar-refractivity contribution in [3.63, 3.8) is 0 Å². The first kappa shape index (κ1) is 20.9. The molecule has 2 aromatic carbocycles. The van der Waals surface area contributed by atoms with Crippen molar-refractivity contribution in [2.45, 2.75) is 11.3 Å². The van der Waals surface area contributed by atoms with Crippen LogP contribution in [0.3, 0.4) is 0 Å². The summed E-state index contributed by atoms with van der Waals surface area (Å²) < 4.78 is 5.20. The number of piperazine rings is 1. The molecule has 1 fully saturated rings. The lowest BCUT2D eigenvalue weighted by Gasteiger charge is -2.36. The second-order valence-corrected chi connectivity index (χ2v) is 7.80. The number of hydrogen-bond donors (Lipinski definition) is 2. The summed E-state index contributed by atoms with van der Waals surface area (Å²) in [5.74, 6) is 1.09. The number of primary amides is 1. The smallest absolute Gasteiger partial charge is 0.321 e. The van der Waals surface area contributed by atoms with Crippen LogP contribution in [0.2, 0.25) is 0 Å². The number of hydrogen-bond acceptors (Lipinski definition) is 5. The highest BCUT2D eigenvalue weighted by Gasteiger charge is 2.22. The predicted octanol–water partition coefficient (Wildman–Crippen LogP) is 3.02. The molecule has 1 aliphatic heterocycles. The Morgan fingerprint density at radius 1 is 1.07 bits per heavy atom. The van der Waals surface area contributed by atoms with Gasteiger partial charge in [0.2, 0.25) is 5.91 Å². The molecule has 0 saturated carbocycles. The van der Waals surface area contributed by atoms with Crippen molar-refractivity contribution in [1.29, 1.82) is 0 Å². The van der Waals surface area contributed by atoms with Crippen LogP contribution in [0.1, 0.15) is 6.42 Å². The Labute approximate surface area is 175 Å². The highest BCUT2D eigenvalue weighted by Crippen LogP contribution is 2.28. The zero-order chi connectivity index (χ0) is 20.6. The average molecular weight is 415 g/mol. The van der Waals surface area contributed by atoms with Crippen LogP contribution in [0.5, 0.6) is 5.75 Å². The molecule has 0 radical (unpaired) electrons. The Kier molecular flexibility index (Phi) is 7.24. The van der Waals surface area contributed by atoms with Gasteiger partial charge in [-0.3, -0.25) is 4.79 Å². The number of nitrogens with two attached hydrogens (primary N) is 1. The fourth-order valence-electron chi connectivity index (χ4n) is 3.11. The highest BCUT2D eigenvalue weighted by molar-refractivity contribution is 7.99. The van der Waals surface area contributed by atoms with Crippen LogP contribution < -0.4 is 20.7 Å². The van der Waals surface area contributed by atoms with Gasteiger partial charge in [0.1, 0.15) is 5.75 Å². The molecule has 1 saturated heterocycles. The maximum Gasteiger partial charge on any atom is 0.321 e. The minimum Gasteiger partial charge on any atom is -0.497 e. The summed E-state index contributed by atoms with van der Waals surface area (Å²) in [6.07, 6.45) is 0.306. The van der Waals surface area contributed by atoms with Gasteiger partial charge in [0, 0.05) is 48.9 Å². The molecule has 7 nitrogen and oxygen atoms in total. The fourth-order valence-corrected chi connectivity index (χ4v) is 4.08. The molecule has 0 spiro atoms. The lowest BCUT2D eigenvalue weighted by molar-refractivity contribution is -0.117. The molecule has 3 amide bonds. The first-order chi connectivity index (χ1) is 14.1. The molecule has 8 heteroatoms. The monoisotopic (exact) mass is 414 g/mol. The highest BCUT2D eigenvalue weighted by atomic mass is 32.2. The molecule has 154 valence electrons. The summed E-state index contributed by atoms with van der Waals surface area (Å²) >= 11 is 1.51. The normalized spacial score (nSPS) is 13.8. The summed E-state index contributed by atoms with van der Waals surface area (Å²) in [5.41, 5.74) is 7.08. The van der Waals surface area contributed by atoms with Gasteiger partial charge in [-0.25, -0.2) is 4.79 Å². The Bertz CT molecular complexity index is 836. The lowest BCUT2D eigenvalue weighted by atomic mass is 10.2. The number of urea groups is 1. The molecular weight excluding hydrogens is 388 g/mol. The van der Waals surface area contributed by atoms with Crippen LogP contribution in [0.4, 0.5) is 16.2 Å². The Balaban J connectivity index is 1.54. The summed E-state index contributed by atoms with van der Waals surface area (Å²) in [7, 11) is 1.65. The van der Waals surface area contributed by atoms with Crippen molar-refractivity contribution in [1.82, 2.24) is 4.90 Å². The van der Waals surface area contributed by atoms with E-state index in [9.17, 15) is 9.59 Å². The summed E-state index contributed by atoms with van der Waals surface area (Å²) in [6.45, 7) is 2.84. The molecule has 3 rings (SSSR count). The van der Waals surface area contributed by atoms with Crippen molar-refractivity contribution >= 4 is 35.1 Å². The number of nitrogens with one attached hydrogen (secondary N) is 1. The number of thioether (sulfide) groups is 1. The van der Waals surface area contributed by atoms with Gasteiger partial charge in [0.15, 0.2) is 0 Å². The molecule has 0 aromatic heterocycles. The molecule has 29 heavy (non-hydrogen) atoms. The van der Waals surface area contributed by atoms with Crippen LogP contribution >= 0.6 is 11.8 Å². The fraction of sp³-hybridized carbons (Fsp3) is 0.333. The molecule has 0 unspecified atom stereocenters. The number of para-hydroxylation sites is 1. The Morgan fingerprint density at radius 3 is 2.41 bits per heavy atom. The quantitative estimate of drug-likeness (QED) is 0.680. The third-order valence-electron chi connectivity index (χ3n) is 4.74. The summed E-state index contributed by atoms with van der Waals surface area (Å²) in [6, 6.07) is 15.5. The van der Waals surface area contributed by atoms with E-state index in [0.29, 0.717) is 25.3 Å². The van der Waals surface area contributed by atoms with E-state index < -0.39 is 0 Å². The van der Waals surface area contributed by atoms with E-state index in [2.05, 4.69) is 10.2 Å². The second-order valence-electron chi connectivity index (χ2n) is 6.66. The number of amides is 3. The standard InChI is InChI=1S/C21H26N4O3S/c1-28-17-8-6-16(7-9-17)24-11-13-25(14-12-24)21(27)23-18-4-2-3-5-19(18)29-15-10-20(22)26/h2-9H,10-15H2,1H3,(H2,22,26)(H,23,27). The number of ether oxygens (including phenoxy) is 1. The van der Waals surface area contributed by atoms with E-state index in [1.54, 1.807) is 7.11 Å². The van der Waals surface area contributed by atoms with Gasteiger partial charge in [-0.05, 0) is 36.4 Å². The Morgan fingerprint density at radius 2 is 1.76 bits per heavy atom. The maximum absolute atomic E-state index is 12.7. The zero-order valence-corrected chi connectivity index (χ0v) is 17.3. The number of carbonyl (C=O) groups excluding carboxylic acids is 2. The van der Waals surface area contributed by atoms with Gasteiger partial charge in [0.25, 0.3) is 0 Å². The summed E-state index contributed by atoms with van der Waals surface area (Å²) in [4.78, 5) is 28.7. The lowest BCUT2D eigenvalue weighted by Crippen LogP contribution is -2.50. The van der Waals surface area contributed by atoms with Crippen LogP contribution in [0.15, 0.2) is 53.4 Å². The first-order valence-electron chi connectivity index (χ1n) is 9.52. The first-order valence-corrected chi connectivity index (χ1v) is 10.5. The number of benzene rings is 2. The molecule has 1 heterocycles. The molecular formula is C21H26N4O3S. The van der Waals surface area contributed by atoms with E-state index in [1.807, 2.05) is 53.4 Å². The third-order valence-corrected chi connectivity index (χ3v) is 5.81. The molecule has 2 aromatic rings. The molecule has 1 aliphatic rings. The van der Waals surface area contributed by atoms with Crippen molar-refractivity contribution in [3.8, 4) is 5.75 Å². The van der Waals surface area contributed by atoms with Crippen LogP contribution in [0.25, 0.3) is 0 Å². The molecule has 3 N–H and O–H groups in total. The van der Waals surface area contributed by atoms with E-state index in [-0.39, 0.29) is 11.9 Å². The van der Waals surface area contributed by atoms with Gasteiger partial charge in [-0.15, -0.1) is 11.8 Å². The molecule has 0 atom stereocenters. The van der Waals surface area contributed by atoms with Gasteiger partial charge in [0.05, 0.1) is 12.8 Å². The zero-order valence-electron chi connectivity index (χ0n) is 16.5. The largest absolute Gasteiger partial charge is 0.497 e. The Hall–Kier alpha value is -2.87. The number of rotatable bonds is 7. The second kappa shape index (κ2) is 10.1. The number of nitrogens with zero attached hydrogens (tertiary/aromatic N) is 2. The number of anilines is 2.